The highest BCUT2D eigenvalue weighted by Gasteiger charge is 2.14. The van der Waals surface area contributed by atoms with Crippen LogP contribution in [0.15, 0.2) is 17.5 Å². The molecular formula is C12H18N4S2. The Balaban J connectivity index is 1.93. The highest BCUT2D eigenvalue weighted by molar-refractivity contribution is 7.10. The molecule has 1 N–H and O–H groups in total. The number of hydrogen-bond donors (Lipinski definition) is 1. The van der Waals surface area contributed by atoms with Crippen LogP contribution in [0.3, 0.4) is 0 Å². The molecule has 1 unspecified atom stereocenters. The lowest BCUT2D eigenvalue weighted by Gasteiger charge is -2.23. The molecule has 2 heterocycles. The molecule has 2 aromatic rings. The van der Waals surface area contributed by atoms with E-state index >= 15 is 0 Å². The lowest BCUT2D eigenvalue weighted by atomic mass is 10.2. The summed E-state index contributed by atoms with van der Waals surface area (Å²) in [6.07, 6.45) is 1.08. The van der Waals surface area contributed by atoms with Crippen molar-refractivity contribution in [3.8, 4) is 0 Å². The Bertz CT molecular complexity index is 466. The van der Waals surface area contributed by atoms with E-state index in [1.165, 1.54) is 16.4 Å². The third-order valence-electron chi connectivity index (χ3n) is 3.01. The van der Waals surface area contributed by atoms with Crippen LogP contribution in [0, 0.1) is 0 Å². The molecule has 6 heteroatoms. The maximum Gasteiger partial charge on any atom is 0.134 e. The molecule has 0 radical (unpaired) electrons. The largest absolute Gasteiger partial charge is 0.377 e. The Morgan fingerprint density at radius 1 is 1.50 bits per heavy atom. The van der Waals surface area contributed by atoms with Crippen LogP contribution >= 0.6 is 22.9 Å². The molecule has 0 saturated heterocycles. The fourth-order valence-corrected chi connectivity index (χ4v) is 3.12. The predicted octanol–water partition coefficient (Wildman–Crippen LogP) is 2.70. The first-order chi connectivity index (χ1) is 8.70. The second-order valence-electron chi connectivity index (χ2n) is 4.35. The second kappa shape index (κ2) is 6.26. The number of hydrogen-bond acceptors (Lipinski definition) is 6. The third kappa shape index (κ3) is 3.28. The Labute approximate surface area is 116 Å². The molecule has 1 atom stereocenters. The van der Waals surface area contributed by atoms with Crippen molar-refractivity contribution in [2.45, 2.75) is 25.9 Å². The number of likely N-dealkylation sites (N-methyl/N-ethyl adjacent to an activating group) is 1. The van der Waals surface area contributed by atoms with E-state index in [2.05, 4.69) is 51.3 Å². The van der Waals surface area contributed by atoms with Crippen molar-refractivity contribution >= 4 is 27.9 Å². The number of thiophene rings is 1. The Hall–Kier alpha value is -0.980. The standard InChI is InChI=1S/C12H18N4S2/c1-9(7-10-5-4-6-17-10)16(3)8-11-12(13-2)18-15-14-11/h4-6,9,13H,7-8H2,1-3H3. The van der Waals surface area contributed by atoms with Gasteiger partial charge in [0, 0.05) is 36.0 Å². The predicted molar refractivity (Wildman–Crippen MR) is 78.4 cm³/mol. The minimum atomic E-state index is 0.495. The number of anilines is 1. The molecular weight excluding hydrogens is 264 g/mol. The lowest BCUT2D eigenvalue weighted by Crippen LogP contribution is -2.30. The number of aromatic nitrogens is 2. The quantitative estimate of drug-likeness (QED) is 0.884. The third-order valence-corrected chi connectivity index (χ3v) is 4.70. The summed E-state index contributed by atoms with van der Waals surface area (Å²) in [4.78, 5) is 3.75. The van der Waals surface area contributed by atoms with E-state index in [1.54, 1.807) is 0 Å². The van der Waals surface area contributed by atoms with Gasteiger partial charge in [-0.15, -0.1) is 16.4 Å². The van der Waals surface area contributed by atoms with E-state index in [9.17, 15) is 0 Å². The van der Waals surface area contributed by atoms with E-state index in [0.29, 0.717) is 6.04 Å². The van der Waals surface area contributed by atoms with Crippen molar-refractivity contribution in [2.24, 2.45) is 0 Å². The van der Waals surface area contributed by atoms with Crippen LogP contribution in [0.4, 0.5) is 5.00 Å². The van der Waals surface area contributed by atoms with Gasteiger partial charge in [0.1, 0.15) is 10.7 Å². The van der Waals surface area contributed by atoms with E-state index in [1.807, 2.05) is 18.4 Å². The summed E-state index contributed by atoms with van der Waals surface area (Å²) < 4.78 is 3.99. The maximum atomic E-state index is 4.17. The molecule has 2 rings (SSSR count). The summed E-state index contributed by atoms with van der Waals surface area (Å²) in [5.74, 6) is 0. The van der Waals surface area contributed by atoms with E-state index in [4.69, 9.17) is 0 Å². The molecule has 0 aromatic carbocycles. The normalized spacial score (nSPS) is 12.9. The highest BCUT2D eigenvalue weighted by atomic mass is 32.1. The Morgan fingerprint density at radius 3 is 3.00 bits per heavy atom. The molecule has 4 nitrogen and oxygen atoms in total. The monoisotopic (exact) mass is 282 g/mol. The van der Waals surface area contributed by atoms with Gasteiger partial charge in [-0.3, -0.25) is 4.90 Å². The first kappa shape index (κ1) is 13.5. The average Bonchev–Trinajstić information content (AvgIpc) is 2.99. The van der Waals surface area contributed by atoms with Gasteiger partial charge in [-0.05, 0) is 31.8 Å². The molecule has 0 aliphatic carbocycles. The van der Waals surface area contributed by atoms with Crippen molar-refractivity contribution < 1.29 is 0 Å². The molecule has 0 amide bonds. The van der Waals surface area contributed by atoms with Crippen LogP contribution in [0.2, 0.25) is 0 Å². The van der Waals surface area contributed by atoms with Crippen LogP contribution in [-0.2, 0) is 13.0 Å². The molecule has 0 aliphatic rings. The maximum absolute atomic E-state index is 4.17. The van der Waals surface area contributed by atoms with Crippen molar-refractivity contribution in [1.82, 2.24) is 14.5 Å². The fourth-order valence-electron chi connectivity index (χ4n) is 1.77. The van der Waals surface area contributed by atoms with Gasteiger partial charge in [0.05, 0.1) is 0 Å². The van der Waals surface area contributed by atoms with E-state index < -0.39 is 0 Å². The molecule has 0 saturated carbocycles. The van der Waals surface area contributed by atoms with Gasteiger partial charge in [0.25, 0.3) is 0 Å². The van der Waals surface area contributed by atoms with Crippen LogP contribution in [0.1, 0.15) is 17.5 Å². The van der Waals surface area contributed by atoms with E-state index in [-0.39, 0.29) is 0 Å². The molecule has 0 aliphatic heterocycles. The number of nitrogens with zero attached hydrogens (tertiary/aromatic N) is 3. The van der Waals surface area contributed by atoms with Crippen LogP contribution in [0.5, 0.6) is 0 Å². The first-order valence-corrected chi connectivity index (χ1v) is 7.57. The number of nitrogens with one attached hydrogen (secondary N) is 1. The minimum absolute atomic E-state index is 0.495. The zero-order valence-corrected chi connectivity index (χ0v) is 12.5. The van der Waals surface area contributed by atoms with Crippen LogP contribution in [0.25, 0.3) is 0 Å². The Kier molecular flexibility index (Phi) is 4.68. The van der Waals surface area contributed by atoms with Crippen molar-refractivity contribution in [3.05, 3.63) is 28.1 Å². The summed E-state index contributed by atoms with van der Waals surface area (Å²) in [7, 11) is 4.05. The molecule has 98 valence electrons. The van der Waals surface area contributed by atoms with Crippen LogP contribution in [-0.4, -0.2) is 34.6 Å². The molecule has 0 fully saturated rings. The Morgan fingerprint density at radius 2 is 2.33 bits per heavy atom. The summed E-state index contributed by atoms with van der Waals surface area (Å²) in [6, 6.07) is 4.80. The zero-order valence-electron chi connectivity index (χ0n) is 10.9. The summed E-state index contributed by atoms with van der Waals surface area (Å²) in [6.45, 7) is 3.08. The van der Waals surface area contributed by atoms with Gasteiger partial charge < -0.3 is 5.32 Å². The lowest BCUT2D eigenvalue weighted by molar-refractivity contribution is 0.246. The topological polar surface area (TPSA) is 41.1 Å². The summed E-state index contributed by atoms with van der Waals surface area (Å²) in [5, 5.41) is 10.5. The molecule has 2 aromatic heterocycles. The fraction of sp³-hybridized carbons (Fsp3) is 0.500. The first-order valence-electron chi connectivity index (χ1n) is 5.92. The van der Waals surface area contributed by atoms with Crippen molar-refractivity contribution in [1.29, 1.82) is 0 Å². The zero-order chi connectivity index (χ0) is 13.0. The van der Waals surface area contributed by atoms with Crippen molar-refractivity contribution in [3.63, 3.8) is 0 Å². The smallest absolute Gasteiger partial charge is 0.134 e. The SMILES string of the molecule is CNc1snnc1CN(C)C(C)Cc1cccs1. The average molecular weight is 282 g/mol. The second-order valence-corrected chi connectivity index (χ2v) is 6.13. The summed E-state index contributed by atoms with van der Waals surface area (Å²) in [5.41, 5.74) is 1.03. The van der Waals surface area contributed by atoms with E-state index in [0.717, 1.165) is 23.7 Å². The van der Waals surface area contributed by atoms with Gasteiger partial charge in [0.15, 0.2) is 0 Å². The van der Waals surface area contributed by atoms with Crippen LogP contribution < -0.4 is 5.32 Å². The van der Waals surface area contributed by atoms with Gasteiger partial charge in [0.2, 0.25) is 0 Å². The molecule has 18 heavy (non-hydrogen) atoms. The minimum Gasteiger partial charge on any atom is -0.377 e. The molecule has 0 spiro atoms. The van der Waals surface area contributed by atoms with Gasteiger partial charge in [-0.2, -0.15) is 0 Å². The van der Waals surface area contributed by atoms with Gasteiger partial charge in [-0.1, -0.05) is 10.6 Å². The van der Waals surface area contributed by atoms with Crippen molar-refractivity contribution in [2.75, 3.05) is 19.4 Å². The highest BCUT2D eigenvalue weighted by Crippen LogP contribution is 2.20. The number of rotatable bonds is 6. The van der Waals surface area contributed by atoms with Gasteiger partial charge in [-0.25, -0.2) is 0 Å². The van der Waals surface area contributed by atoms with Gasteiger partial charge >= 0.3 is 0 Å². The molecule has 0 bridgehead atoms. The summed E-state index contributed by atoms with van der Waals surface area (Å²) >= 11 is 3.23.